The summed E-state index contributed by atoms with van der Waals surface area (Å²) in [6, 6.07) is 6.17. The maximum atomic E-state index is 12.7. The molecule has 1 aliphatic carbocycles. The lowest BCUT2D eigenvalue weighted by Crippen LogP contribution is -2.36. The van der Waals surface area contributed by atoms with Crippen molar-refractivity contribution in [3.8, 4) is 0 Å². The number of imidazole rings is 1. The summed E-state index contributed by atoms with van der Waals surface area (Å²) in [7, 11) is 0. The van der Waals surface area contributed by atoms with Crippen LogP contribution in [0.3, 0.4) is 0 Å². The minimum Gasteiger partial charge on any atom is -0.331 e. The fourth-order valence-corrected chi connectivity index (χ4v) is 3.60. The number of fused-ring (bicyclic) bond motifs is 1. The van der Waals surface area contributed by atoms with Gasteiger partial charge < -0.3 is 14.8 Å². The lowest BCUT2D eigenvalue weighted by atomic mass is 10.2. The van der Waals surface area contributed by atoms with Crippen molar-refractivity contribution in [1.82, 2.24) is 19.4 Å². The number of hydrogen-bond acceptors (Lipinski definition) is 4. The number of hydrogen-bond donors (Lipinski definition) is 1. The molecule has 0 atom stereocenters. The molecule has 2 heterocycles. The summed E-state index contributed by atoms with van der Waals surface area (Å²) in [6.07, 6.45) is 6.85. The van der Waals surface area contributed by atoms with E-state index in [1.807, 2.05) is 34.8 Å². The molecular weight excluding hydrogens is 334 g/mol. The number of aromatic nitrogens is 3. The van der Waals surface area contributed by atoms with Gasteiger partial charge in [0, 0.05) is 29.9 Å². The van der Waals surface area contributed by atoms with Crippen LogP contribution in [0.15, 0.2) is 36.1 Å². The largest absolute Gasteiger partial charge is 0.331 e. The van der Waals surface area contributed by atoms with Crippen LogP contribution in [0.4, 0.5) is 10.5 Å². The molecule has 0 unspecified atom stereocenters. The number of aryl methyl sites for hydroxylation is 1. The fourth-order valence-electron chi connectivity index (χ4n) is 2.99. The van der Waals surface area contributed by atoms with Crippen molar-refractivity contribution in [2.75, 3.05) is 5.32 Å². The molecule has 0 spiro atoms. The van der Waals surface area contributed by atoms with Gasteiger partial charge in [-0.25, -0.2) is 14.8 Å². The second kappa shape index (κ2) is 6.84. The zero-order valence-corrected chi connectivity index (χ0v) is 15.0. The minimum absolute atomic E-state index is 0.0648. The van der Waals surface area contributed by atoms with Crippen molar-refractivity contribution in [2.24, 2.45) is 0 Å². The quantitative estimate of drug-likeness (QED) is 0.724. The summed E-state index contributed by atoms with van der Waals surface area (Å²) in [5, 5.41) is 5.94. The highest BCUT2D eigenvalue weighted by Crippen LogP contribution is 2.29. The lowest BCUT2D eigenvalue weighted by molar-refractivity contribution is 0.206. The van der Waals surface area contributed by atoms with E-state index in [4.69, 9.17) is 0 Å². The average Bonchev–Trinajstić information content (AvgIpc) is 3.17. The van der Waals surface area contributed by atoms with Crippen LogP contribution in [-0.4, -0.2) is 31.5 Å². The van der Waals surface area contributed by atoms with Gasteiger partial charge in [-0.3, -0.25) is 0 Å². The van der Waals surface area contributed by atoms with Crippen molar-refractivity contribution in [1.29, 1.82) is 0 Å². The molecule has 25 heavy (non-hydrogen) atoms. The molecule has 1 fully saturated rings. The maximum Gasteiger partial charge on any atom is 0.322 e. The summed E-state index contributed by atoms with van der Waals surface area (Å²) in [5.41, 5.74) is 2.79. The van der Waals surface area contributed by atoms with E-state index in [-0.39, 0.29) is 6.03 Å². The van der Waals surface area contributed by atoms with Crippen LogP contribution in [-0.2, 0) is 13.1 Å². The van der Waals surface area contributed by atoms with Gasteiger partial charge in [-0.1, -0.05) is 6.92 Å². The summed E-state index contributed by atoms with van der Waals surface area (Å²) in [5.74, 6) is 0. The number of rotatable bonds is 6. The van der Waals surface area contributed by atoms with E-state index in [1.54, 1.807) is 17.5 Å². The molecule has 4 rings (SSSR count). The van der Waals surface area contributed by atoms with Crippen LogP contribution in [0.1, 0.15) is 31.2 Å². The Bertz CT molecular complexity index is 869. The second-order valence-corrected chi connectivity index (χ2v) is 7.34. The molecule has 1 aromatic carbocycles. The van der Waals surface area contributed by atoms with E-state index in [2.05, 4.69) is 26.8 Å². The lowest BCUT2D eigenvalue weighted by Gasteiger charge is -2.21. The molecule has 1 N–H and O–H groups in total. The molecule has 3 aromatic rings. The molecule has 0 aliphatic heterocycles. The maximum absolute atomic E-state index is 12.7. The SMILES string of the molecule is CCCn1cnc2cc(NC(=O)N(Cc3nccs3)C3CC3)ccc21. The van der Waals surface area contributed by atoms with Gasteiger partial charge in [0.15, 0.2) is 0 Å². The molecular formula is C18H21N5OS. The molecule has 0 radical (unpaired) electrons. The summed E-state index contributed by atoms with van der Waals surface area (Å²) in [6.45, 7) is 3.67. The average molecular weight is 355 g/mol. The van der Waals surface area contributed by atoms with Crippen molar-refractivity contribution in [3.05, 3.63) is 41.1 Å². The van der Waals surface area contributed by atoms with Crippen molar-refractivity contribution < 1.29 is 4.79 Å². The predicted octanol–water partition coefficient (Wildman–Crippen LogP) is 4.10. The molecule has 1 saturated carbocycles. The van der Waals surface area contributed by atoms with Crippen LogP contribution in [0, 0.1) is 0 Å². The molecule has 7 heteroatoms. The Morgan fingerprint density at radius 3 is 3.00 bits per heavy atom. The highest BCUT2D eigenvalue weighted by molar-refractivity contribution is 7.09. The van der Waals surface area contributed by atoms with Crippen LogP contribution >= 0.6 is 11.3 Å². The molecule has 2 aromatic heterocycles. The van der Waals surface area contributed by atoms with Gasteiger partial charge in [0.05, 0.1) is 23.9 Å². The summed E-state index contributed by atoms with van der Waals surface area (Å²) in [4.78, 5) is 23.4. The monoisotopic (exact) mass is 355 g/mol. The Labute approximate surface area is 150 Å². The van der Waals surface area contributed by atoms with E-state index in [0.717, 1.165) is 47.5 Å². The Morgan fingerprint density at radius 2 is 2.28 bits per heavy atom. The number of nitrogens with one attached hydrogen (secondary N) is 1. The second-order valence-electron chi connectivity index (χ2n) is 6.36. The van der Waals surface area contributed by atoms with E-state index >= 15 is 0 Å². The first-order valence-electron chi connectivity index (χ1n) is 8.65. The predicted molar refractivity (Wildman–Crippen MR) is 99.7 cm³/mol. The zero-order chi connectivity index (χ0) is 17.2. The Hall–Kier alpha value is -2.41. The van der Waals surface area contributed by atoms with Crippen LogP contribution in [0.25, 0.3) is 11.0 Å². The number of nitrogens with zero attached hydrogens (tertiary/aromatic N) is 4. The number of anilines is 1. The third kappa shape index (κ3) is 3.51. The number of thiazole rings is 1. The van der Waals surface area contributed by atoms with Gasteiger partial charge in [-0.15, -0.1) is 11.3 Å². The van der Waals surface area contributed by atoms with Gasteiger partial charge in [0.25, 0.3) is 0 Å². The van der Waals surface area contributed by atoms with Crippen molar-refractivity contribution in [2.45, 2.75) is 45.3 Å². The standard InChI is InChI=1S/C18H21N5OS/c1-2-8-22-12-20-15-10-13(3-6-16(15)22)21-18(24)23(14-4-5-14)11-17-19-7-9-25-17/h3,6-7,9-10,12,14H,2,4-5,8,11H2,1H3,(H,21,24). The molecule has 0 bridgehead atoms. The first-order valence-corrected chi connectivity index (χ1v) is 9.53. The third-order valence-electron chi connectivity index (χ3n) is 4.37. The van der Waals surface area contributed by atoms with Gasteiger partial charge in [0.2, 0.25) is 0 Å². The first-order chi connectivity index (χ1) is 12.2. The minimum atomic E-state index is -0.0648. The van der Waals surface area contributed by atoms with E-state index < -0.39 is 0 Å². The zero-order valence-electron chi connectivity index (χ0n) is 14.2. The van der Waals surface area contributed by atoms with Crippen molar-refractivity contribution in [3.63, 3.8) is 0 Å². The number of amides is 2. The Kier molecular flexibility index (Phi) is 4.40. The normalized spacial score (nSPS) is 14.0. The number of carbonyl (C=O) groups is 1. The summed E-state index contributed by atoms with van der Waals surface area (Å²) >= 11 is 1.58. The highest BCUT2D eigenvalue weighted by atomic mass is 32.1. The highest BCUT2D eigenvalue weighted by Gasteiger charge is 2.33. The topological polar surface area (TPSA) is 63.1 Å². The van der Waals surface area contributed by atoms with Gasteiger partial charge >= 0.3 is 6.03 Å². The molecule has 130 valence electrons. The Morgan fingerprint density at radius 1 is 1.40 bits per heavy atom. The van der Waals surface area contributed by atoms with Crippen molar-refractivity contribution >= 4 is 34.1 Å². The van der Waals surface area contributed by atoms with E-state index in [1.165, 1.54) is 0 Å². The number of carbonyl (C=O) groups excluding carboxylic acids is 1. The number of benzene rings is 1. The van der Waals surface area contributed by atoms with Crippen LogP contribution in [0.2, 0.25) is 0 Å². The molecule has 2 amide bonds. The van der Waals surface area contributed by atoms with Crippen LogP contribution in [0.5, 0.6) is 0 Å². The smallest absolute Gasteiger partial charge is 0.322 e. The molecule has 0 saturated heterocycles. The fraction of sp³-hybridized carbons (Fsp3) is 0.389. The summed E-state index contributed by atoms with van der Waals surface area (Å²) < 4.78 is 2.14. The first kappa shape index (κ1) is 16.1. The van der Waals surface area contributed by atoms with E-state index in [0.29, 0.717) is 12.6 Å². The van der Waals surface area contributed by atoms with Gasteiger partial charge in [0.1, 0.15) is 5.01 Å². The molecule has 1 aliphatic rings. The van der Waals surface area contributed by atoms with E-state index in [9.17, 15) is 4.79 Å². The van der Waals surface area contributed by atoms with Gasteiger partial charge in [-0.05, 0) is 37.5 Å². The number of urea groups is 1. The van der Waals surface area contributed by atoms with Gasteiger partial charge in [-0.2, -0.15) is 0 Å². The third-order valence-corrected chi connectivity index (χ3v) is 5.14. The van der Waals surface area contributed by atoms with Crippen LogP contribution < -0.4 is 5.32 Å². The molecule has 6 nitrogen and oxygen atoms in total. The Balaban J connectivity index is 1.50.